The fraction of sp³-hybridized carbons (Fsp3) is 0.333. The highest BCUT2D eigenvalue weighted by Gasteiger charge is 2.44. The summed E-state index contributed by atoms with van der Waals surface area (Å²) in [6.45, 7) is 5.84. The van der Waals surface area contributed by atoms with Crippen molar-refractivity contribution < 1.29 is 19.4 Å². The molecule has 1 N–H and O–H groups in total. The van der Waals surface area contributed by atoms with Crippen molar-refractivity contribution >= 4 is 33.5 Å². The Bertz CT molecular complexity index is 876. The number of carboxylic acid groups (broad SMARTS) is 1. The van der Waals surface area contributed by atoms with Gasteiger partial charge in [0, 0.05) is 4.47 Å². The molecule has 1 amide bonds. The summed E-state index contributed by atoms with van der Waals surface area (Å²) in [6, 6.07) is 13.2. The maximum Gasteiger partial charge on any atom is 0.303 e. The Morgan fingerprint density at radius 2 is 1.89 bits per heavy atom. The van der Waals surface area contributed by atoms with E-state index in [2.05, 4.69) is 15.9 Å². The molecule has 1 heterocycles. The maximum atomic E-state index is 12.8. The number of nitrogens with zero attached hydrogens (tertiary/aromatic N) is 1. The molecule has 5 nitrogen and oxygen atoms in total. The molecule has 1 atom stereocenters. The second-order valence-electron chi connectivity index (χ2n) is 7.36. The average Bonchev–Trinajstić information content (AvgIpc) is 2.80. The number of carbonyl (C=O) groups is 2. The summed E-state index contributed by atoms with van der Waals surface area (Å²) in [7, 11) is 0. The van der Waals surface area contributed by atoms with E-state index in [-0.39, 0.29) is 25.0 Å². The SMILES string of the molecule is CC(CC(=O)O)c1ccc(OCN2C(=O)C(C)(C)c3cc(Br)ccc32)cc1. The number of carboxylic acids is 1. The standard InChI is InChI=1S/C21H22BrNO4/c1-13(10-19(24)25)14-4-7-16(8-5-14)27-12-23-18-9-6-15(22)11-17(18)21(2,3)20(23)26/h4-9,11,13H,10,12H2,1-3H3,(H,24,25). The summed E-state index contributed by atoms with van der Waals surface area (Å²) in [4.78, 5) is 25.3. The number of hydrogen-bond acceptors (Lipinski definition) is 3. The summed E-state index contributed by atoms with van der Waals surface area (Å²) in [6.07, 6.45) is 0.0872. The Kier molecular flexibility index (Phi) is 5.29. The van der Waals surface area contributed by atoms with E-state index in [0.29, 0.717) is 5.75 Å². The van der Waals surface area contributed by atoms with Gasteiger partial charge in [-0.25, -0.2) is 0 Å². The summed E-state index contributed by atoms with van der Waals surface area (Å²) >= 11 is 3.47. The van der Waals surface area contributed by atoms with Crippen LogP contribution in [0.2, 0.25) is 0 Å². The monoisotopic (exact) mass is 431 g/mol. The molecule has 0 bridgehead atoms. The van der Waals surface area contributed by atoms with Crippen molar-refractivity contribution in [3.63, 3.8) is 0 Å². The Balaban J connectivity index is 1.72. The Morgan fingerprint density at radius 1 is 1.22 bits per heavy atom. The molecule has 3 rings (SSSR count). The van der Waals surface area contributed by atoms with Crippen LogP contribution in [0.15, 0.2) is 46.9 Å². The van der Waals surface area contributed by atoms with Crippen LogP contribution >= 0.6 is 15.9 Å². The van der Waals surface area contributed by atoms with Gasteiger partial charge in [-0.15, -0.1) is 0 Å². The van der Waals surface area contributed by atoms with E-state index in [0.717, 1.165) is 21.3 Å². The zero-order valence-electron chi connectivity index (χ0n) is 15.5. The van der Waals surface area contributed by atoms with Gasteiger partial charge >= 0.3 is 5.97 Å². The lowest BCUT2D eigenvalue weighted by atomic mass is 9.86. The van der Waals surface area contributed by atoms with Crippen LogP contribution in [0.5, 0.6) is 5.75 Å². The lowest BCUT2D eigenvalue weighted by molar-refractivity contribution is -0.137. The van der Waals surface area contributed by atoms with Crippen molar-refractivity contribution in [3.05, 3.63) is 58.1 Å². The minimum absolute atomic E-state index is 0.00213. The van der Waals surface area contributed by atoms with Crippen molar-refractivity contribution in [3.8, 4) is 5.75 Å². The van der Waals surface area contributed by atoms with Gasteiger partial charge in [0.15, 0.2) is 6.73 Å². The molecule has 2 aromatic carbocycles. The van der Waals surface area contributed by atoms with Gasteiger partial charge in [0.2, 0.25) is 5.91 Å². The molecule has 6 heteroatoms. The normalized spacial score (nSPS) is 16.1. The minimum Gasteiger partial charge on any atom is -0.481 e. The van der Waals surface area contributed by atoms with Gasteiger partial charge in [0.25, 0.3) is 0 Å². The van der Waals surface area contributed by atoms with Gasteiger partial charge in [-0.3, -0.25) is 14.5 Å². The number of amides is 1. The van der Waals surface area contributed by atoms with Crippen molar-refractivity contribution in [1.82, 2.24) is 0 Å². The highest BCUT2D eigenvalue weighted by Crippen LogP contribution is 2.42. The first-order valence-electron chi connectivity index (χ1n) is 8.76. The topological polar surface area (TPSA) is 66.8 Å². The number of hydrogen-bond donors (Lipinski definition) is 1. The molecule has 0 fully saturated rings. The third-order valence-electron chi connectivity index (χ3n) is 4.99. The van der Waals surface area contributed by atoms with E-state index < -0.39 is 11.4 Å². The van der Waals surface area contributed by atoms with Gasteiger partial charge < -0.3 is 9.84 Å². The third kappa shape index (κ3) is 3.86. The van der Waals surface area contributed by atoms with Crippen molar-refractivity contribution in [2.24, 2.45) is 0 Å². The smallest absolute Gasteiger partial charge is 0.303 e. The molecular formula is C21H22BrNO4. The van der Waals surface area contributed by atoms with Crippen molar-refractivity contribution in [1.29, 1.82) is 0 Å². The van der Waals surface area contributed by atoms with E-state index in [1.165, 1.54) is 0 Å². The molecule has 142 valence electrons. The van der Waals surface area contributed by atoms with Crippen LogP contribution in [-0.4, -0.2) is 23.7 Å². The van der Waals surface area contributed by atoms with E-state index in [4.69, 9.17) is 9.84 Å². The maximum absolute atomic E-state index is 12.8. The Morgan fingerprint density at radius 3 is 2.52 bits per heavy atom. The molecule has 0 aliphatic carbocycles. The van der Waals surface area contributed by atoms with Crippen LogP contribution in [0.1, 0.15) is 44.2 Å². The first kappa shape index (κ1) is 19.4. The molecule has 0 aromatic heterocycles. The van der Waals surface area contributed by atoms with Gasteiger partial charge in [0.05, 0.1) is 17.5 Å². The molecule has 1 aliphatic heterocycles. The lowest BCUT2D eigenvalue weighted by Crippen LogP contribution is -2.38. The first-order valence-corrected chi connectivity index (χ1v) is 9.56. The summed E-state index contributed by atoms with van der Waals surface area (Å²) in [5, 5.41) is 8.90. The lowest BCUT2D eigenvalue weighted by Gasteiger charge is -2.21. The highest BCUT2D eigenvalue weighted by molar-refractivity contribution is 9.10. The van der Waals surface area contributed by atoms with E-state index >= 15 is 0 Å². The summed E-state index contributed by atoms with van der Waals surface area (Å²) in [5.41, 5.74) is 2.18. The van der Waals surface area contributed by atoms with Crippen LogP contribution in [0.4, 0.5) is 5.69 Å². The quantitative estimate of drug-likeness (QED) is 0.720. The number of aliphatic carboxylic acids is 1. The molecule has 0 saturated carbocycles. The molecular weight excluding hydrogens is 410 g/mol. The number of ether oxygens (including phenoxy) is 1. The van der Waals surface area contributed by atoms with Gasteiger partial charge in [-0.1, -0.05) is 35.0 Å². The fourth-order valence-electron chi connectivity index (χ4n) is 3.35. The Labute approximate surface area is 167 Å². The minimum atomic E-state index is -0.816. The number of fused-ring (bicyclic) bond motifs is 1. The fourth-order valence-corrected chi connectivity index (χ4v) is 3.71. The molecule has 0 radical (unpaired) electrons. The van der Waals surface area contributed by atoms with Gasteiger partial charge in [0.1, 0.15) is 5.75 Å². The number of carbonyl (C=O) groups excluding carboxylic acids is 1. The van der Waals surface area contributed by atoms with Crippen LogP contribution < -0.4 is 9.64 Å². The number of halogens is 1. The van der Waals surface area contributed by atoms with Crippen LogP contribution in [0.25, 0.3) is 0 Å². The summed E-state index contributed by atoms with van der Waals surface area (Å²) < 4.78 is 6.77. The zero-order valence-corrected chi connectivity index (χ0v) is 17.1. The van der Waals surface area contributed by atoms with Crippen molar-refractivity contribution in [2.45, 2.75) is 38.5 Å². The van der Waals surface area contributed by atoms with E-state index in [1.807, 2.05) is 63.2 Å². The van der Waals surface area contributed by atoms with Crippen molar-refractivity contribution in [2.75, 3.05) is 11.6 Å². The molecule has 27 heavy (non-hydrogen) atoms. The van der Waals surface area contributed by atoms with Crippen LogP contribution in [0.3, 0.4) is 0 Å². The third-order valence-corrected chi connectivity index (χ3v) is 5.49. The summed E-state index contributed by atoms with van der Waals surface area (Å²) in [5.74, 6) is -0.245. The second-order valence-corrected chi connectivity index (χ2v) is 8.28. The number of anilines is 1. The largest absolute Gasteiger partial charge is 0.481 e. The Hall–Kier alpha value is -2.34. The van der Waals surface area contributed by atoms with E-state index in [9.17, 15) is 9.59 Å². The predicted molar refractivity (Wildman–Crippen MR) is 107 cm³/mol. The highest BCUT2D eigenvalue weighted by atomic mass is 79.9. The molecule has 2 aromatic rings. The van der Waals surface area contributed by atoms with E-state index in [1.54, 1.807) is 4.90 Å². The van der Waals surface area contributed by atoms with Crippen LogP contribution in [-0.2, 0) is 15.0 Å². The predicted octanol–water partition coefficient (Wildman–Crippen LogP) is 4.69. The zero-order chi connectivity index (χ0) is 19.8. The number of rotatable bonds is 6. The van der Waals surface area contributed by atoms with Gasteiger partial charge in [-0.2, -0.15) is 0 Å². The second kappa shape index (κ2) is 7.35. The molecule has 0 spiro atoms. The molecule has 0 saturated heterocycles. The van der Waals surface area contributed by atoms with Gasteiger partial charge in [-0.05, 0) is 61.2 Å². The van der Waals surface area contributed by atoms with Crippen LogP contribution in [0, 0.1) is 0 Å². The molecule has 1 unspecified atom stereocenters. The average molecular weight is 432 g/mol. The molecule has 1 aliphatic rings. The first-order chi connectivity index (χ1) is 12.7. The number of benzene rings is 2.